The van der Waals surface area contributed by atoms with Gasteiger partial charge in [0.25, 0.3) is 0 Å². The van der Waals surface area contributed by atoms with Crippen LogP contribution in [0.5, 0.6) is 0 Å². The molecule has 0 aliphatic carbocycles. The van der Waals surface area contributed by atoms with Crippen molar-refractivity contribution in [3.05, 3.63) is 23.8 Å². The molecule has 24 heavy (non-hydrogen) atoms. The number of methoxy groups -OCH3 is 1. The highest BCUT2D eigenvalue weighted by Gasteiger charge is 2.23. The Morgan fingerprint density at radius 2 is 2.25 bits per heavy atom. The Morgan fingerprint density at radius 3 is 2.88 bits per heavy atom. The van der Waals surface area contributed by atoms with Crippen molar-refractivity contribution in [1.29, 1.82) is 0 Å². The molecule has 1 fully saturated rings. The van der Waals surface area contributed by atoms with E-state index >= 15 is 0 Å². The number of anilines is 1. The van der Waals surface area contributed by atoms with Crippen LogP contribution in [-0.2, 0) is 19.5 Å². The van der Waals surface area contributed by atoms with Gasteiger partial charge < -0.3 is 19.9 Å². The summed E-state index contributed by atoms with van der Waals surface area (Å²) < 4.78 is 38.0. The number of hydrogen-bond acceptors (Lipinski definition) is 6. The molecule has 0 saturated carbocycles. The maximum atomic E-state index is 12.6. The first-order chi connectivity index (χ1) is 11.4. The highest BCUT2D eigenvalue weighted by molar-refractivity contribution is 7.89. The van der Waals surface area contributed by atoms with E-state index in [1.807, 2.05) is 0 Å². The first-order valence-electron chi connectivity index (χ1n) is 7.65. The van der Waals surface area contributed by atoms with Gasteiger partial charge in [0, 0.05) is 26.8 Å². The van der Waals surface area contributed by atoms with Crippen molar-refractivity contribution in [1.82, 2.24) is 4.72 Å². The second-order valence-corrected chi connectivity index (χ2v) is 7.16. The lowest BCUT2D eigenvalue weighted by Gasteiger charge is -2.15. The smallest absolute Gasteiger partial charge is 0.335 e. The van der Waals surface area contributed by atoms with Crippen molar-refractivity contribution in [2.45, 2.75) is 23.8 Å². The zero-order valence-corrected chi connectivity index (χ0v) is 14.3. The average Bonchev–Trinajstić information content (AvgIpc) is 3.07. The highest BCUT2D eigenvalue weighted by Crippen LogP contribution is 2.23. The van der Waals surface area contributed by atoms with E-state index in [0.29, 0.717) is 25.4 Å². The Morgan fingerprint density at radius 1 is 1.46 bits per heavy atom. The molecule has 1 heterocycles. The molecule has 0 aromatic heterocycles. The Hall–Kier alpha value is -1.68. The van der Waals surface area contributed by atoms with Crippen molar-refractivity contribution in [2.24, 2.45) is 0 Å². The molecule has 1 saturated heterocycles. The van der Waals surface area contributed by atoms with Crippen LogP contribution in [-0.4, -0.2) is 59.0 Å². The van der Waals surface area contributed by atoms with E-state index in [9.17, 15) is 13.2 Å². The lowest BCUT2D eigenvalue weighted by atomic mass is 10.2. The predicted octanol–water partition coefficient (Wildman–Crippen LogP) is 0.900. The summed E-state index contributed by atoms with van der Waals surface area (Å²) in [5.41, 5.74) is 0.238. The van der Waals surface area contributed by atoms with Crippen LogP contribution in [0.15, 0.2) is 23.1 Å². The molecule has 3 N–H and O–H groups in total. The number of carboxylic acid groups (broad SMARTS) is 1. The summed E-state index contributed by atoms with van der Waals surface area (Å²) in [6.45, 7) is 1.59. The first-order valence-corrected chi connectivity index (χ1v) is 9.14. The fourth-order valence-electron chi connectivity index (χ4n) is 2.40. The van der Waals surface area contributed by atoms with E-state index in [2.05, 4.69) is 10.0 Å². The zero-order chi connectivity index (χ0) is 17.6. The van der Waals surface area contributed by atoms with Crippen molar-refractivity contribution < 1.29 is 27.8 Å². The fourth-order valence-corrected chi connectivity index (χ4v) is 3.67. The first kappa shape index (κ1) is 18.7. The molecule has 8 nitrogen and oxygen atoms in total. The van der Waals surface area contributed by atoms with E-state index in [-0.39, 0.29) is 23.1 Å². The maximum absolute atomic E-state index is 12.6. The topological polar surface area (TPSA) is 114 Å². The average molecular weight is 358 g/mol. The van der Waals surface area contributed by atoms with Crippen LogP contribution >= 0.6 is 0 Å². The standard InChI is InChI=1S/C15H22N2O6S/c1-22-8-6-16-13-5-4-11(15(18)19)9-14(13)24(20,21)17-10-12-3-2-7-23-12/h4-5,9,12,16-17H,2-3,6-8,10H2,1H3,(H,18,19)/t12-/m0/s1. The van der Waals surface area contributed by atoms with E-state index in [4.69, 9.17) is 14.6 Å². The number of rotatable bonds is 9. The van der Waals surface area contributed by atoms with E-state index in [1.54, 1.807) is 0 Å². The number of sulfonamides is 1. The summed E-state index contributed by atoms with van der Waals surface area (Å²) in [5.74, 6) is -1.19. The molecule has 0 bridgehead atoms. The molecule has 0 radical (unpaired) electrons. The Labute approximate surface area is 141 Å². The molecular formula is C15H22N2O6S. The quantitative estimate of drug-likeness (QED) is 0.562. The van der Waals surface area contributed by atoms with Gasteiger partial charge in [-0.2, -0.15) is 0 Å². The van der Waals surface area contributed by atoms with Crippen molar-refractivity contribution >= 4 is 21.7 Å². The second kappa shape index (κ2) is 8.43. The summed E-state index contributed by atoms with van der Waals surface area (Å²) >= 11 is 0. The summed E-state index contributed by atoms with van der Waals surface area (Å²) in [5, 5.41) is 12.1. The summed E-state index contributed by atoms with van der Waals surface area (Å²) in [7, 11) is -2.33. The van der Waals surface area contributed by atoms with Gasteiger partial charge in [-0.1, -0.05) is 0 Å². The summed E-state index contributed by atoms with van der Waals surface area (Å²) in [4.78, 5) is 11.0. The third-order valence-electron chi connectivity index (χ3n) is 3.66. The molecule has 1 aliphatic heterocycles. The normalized spacial score (nSPS) is 17.8. The molecule has 2 rings (SSSR count). The SMILES string of the molecule is COCCNc1ccc(C(=O)O)cc1S(=O)(=O)NC[C@@H]1CCCO1. The molecule has 1 aromatic carbocycles. The summed E-state index contributed by atoms with van der Waals surface area (Å²) in [6.07, 6.45) is 1.56. The lowest BCUT2D eigenvalue weighted by molar-refractivity contribution is 0.0696. The van der Waals surface area contributed by atoms with Gasteiger partial charge in [0.05, 0.1) is 24.0 Å². The minimum Gasteiger partial charge on any atom is -0.478 e. The van der Waals surface area contributed by atoms with Gasteiger partial charge in [-0.25, -0.2) is 17.9 Å². The van der Waals surface area contributed by atoms with Crippen LogP contribution < -0.4 is 10.0 Å². The van der Waals surface area contributed by atoms with Gasteiger partial charge in [0.1, 0.15) is 4.90 Å². The van der Waals surface area contributed by atoms with Gasteiger partial charge in [-0.05, 0) is 31.0 Å². The maximum Gasteiger partial charge on any atom is 0.335 e. The Bertz CT molecular complexity index is 671. The van der Waals surface area contributed by atoms with Crippen molar-refractivity contribution in [3.63, 3.8) is 0 Å². The minimum atomic E-state index is -3.87. The fraction of sp³-hybridized carbons (Fsp3) is 0.533. The number of hydrogen-bond donors (Lipinski definition) is 3. The molecule has 0 amide bonds. The molecule has 1 aromatic rings. The molecule has 0 spiro atoms. The van der Waals surface area contributed by atoms with Crippen LogP contribution in [0.25, 0.3) is 0 Å². The third-order valence-corrected chi connectivity index (χ3v) is 5.13. The predicted molar refractivity (Wildman–Crippen MR) is 87.9 cm³/mol. The molecule has 1 aliphatic rings. The third kappa shape index (κ3) is 4.91. The molecule has 0 unspecified atom stereocenters. The van der Waals surface area contributed by atoms with Crippen LogP contribution in [0.1, 0.15) is 23.2 Å². The van der Waals surface area contributed by atoms with Crippen LogP contribution in [0.4, 0.5) is 5.69 Å². The van der Waals surface area contributed by atoms with Crippen molar-refractivity contribution in [3.8, 4) is 0 Å². The largest absolute Gasteiger partial charge is 0.478 e. The Kier molecular flexibility index (Phi) is 6.55. The van der Waals surface area contributed by atoms with E-state index in [0.717, 1.165) is 18.9 Å². The highest BCUT2D eigenvalue weighted by atomic mass is 32.2. The molecule has 134 valence electrons. The number of nitrogens with one attached hydrogen (secondary N) is 2. The minimum absolute atomic E-state index is 0.0928. The van der Waals surface area contributed by atoms with Gasteiger partial charge in [0.2, 0.25) is 10.0 Å². The van der Waals surface area contributed by atoms with Crippen LogP contribution in [0.3, 0.4) is 0 Å². The number of benzene rings is 1. The van der Waals surface area contributed by atoms with Crippen LogP contribution in [0, 0.1) is 0 Å². The van der Waals surface area contributed by atoms with Crippen LogP contribution in [0.2, 0.25) is 0 Å². The van der Waals surface area contributed by atoms with E-state index in [1.165, 1.54) is 19.2 Å². The molecular weight excluding hydrogens is 336 g/mol. The molecule has 1 atom stereocenters. The summed E-state index contributed by atoms with van der Waals surface area (Å²) in [6, 6.07) is 3.95. The van der Waals surface area contributed by atoms with Gasteiger partial charge in [-0.3, -0.25) is 0 Å². The lowest BCUT2D eigenvalue weighted by Crippen LogP contribution is -2.32. The number of ether oxygens (including phenoxy) is 2. The van der Waals surface area contributed by atoms with Gasteiger partial charge in [-0.15, -0.1) is 0 Å². The Balaban J connectivity index is 2.21. The number of aromatic carboxylic acids is 1. The van der Waals surface area contributed by atoms with Gasteiger partial charge >= 0.3 is 5.97 Å². The van der Waals surface area contributed by atoms with Crippen molar-refractivity contribution in [2.75, 3.05) is 38.7 Å². The molecule has 9 heteroatoms. The van der Waals surface area contributed by atoms with E-state index < -0.39 is 16.0 Å². The number of carboxylic acids is 1. The second-order valence-electron chi connectivity index (χ2n) is 5.42. The van der Waals surface area contributed by atoms with Gasteiger partial charge in [0.15, 0.2) is 0 Å². The number of carbonyl (C=O) groups is 1. The zero-order valence-electron chi connectivity index (χ0n) is 13.4. The monoisotopic (exact) mass is 358 g/mol.